The standard InChI is InChI=1S/C15H28N4O2/c16-12-8-10-19(11-12)14(20)7-4-9-17-15(21)18-13-5-2-1-3-6-13/h12-13H,1-11,16H2,(H2,17,18,21)/t12-/m1/s1. The minimum atomic E-state index is -0.0995. The largest absolute Gasteiger partial charge is 0.341 e. The quantitative estimate of drug-likeness (QED) is 0.660. The highest BCUT2D eigenvalue weighted by Gasteiger charge is 2.22. The van der Waals surface area contributed by atoms with E-state index in [9.17, 15) is 9.59 Å². The molecule has 0 unspecified atom stereocenters. The second-order valence-corrected chi connectivity index (χ2v) is 6.23. The van der Waals surface area contributed by atoms with Gasteiger partial charge in [-0.1, -0.05) is 19.3 Å². The van der Waals surface area contributed by atoms with Crippen molar-refractivity contribution in [1.29, 1.82) is 0 Å². The number of hydrogen-bond donors (Lipinski definition) is 3. The van der Waals surface area contributed by atoms with Gasteiger partial charge in [0.1, 0.15) is 0 Å². The highest BCUT2D eigenvalue weighted by atomic mass is 16.2. The number of carbonyl (C=O) groups excluding carboxylic acids is 2. The lowest BCUT2D eigenvalue weighted by atomic mass is 9.96. The predicted molar refractivity (Wildman–Crippen MR) is 81.8 cm³/mol. The molecule has 1 aliphatic carbocycles. The number of likely N-dealkylation sites (tertiary alicyclic amines) is 1. The van der Waals surface area contributed by atoms with Crippen molar-refractivity contribution < 1.29 is 9.59 Å². The number of carbonyl (C=O) groups is 2. The van der Waals surface area contributed by atoms with Crippen LogP contribution in [-0.2, 0) is 4.79 Å². The Hall–Kier alpha value is -1.30. The van der Waals surface area contributed by atoms with Crippen molar-refractivity contribution >= 4 is 11.9 Å². The van der Waals surface area contributed by atoms with Crippen LogP contribution in [0.2, 0.25) is 0 Å². The lowest BCUT2D eigenvalue weighted by Crippen LogP contribution is -2.43. The minimum absolute atomic E-state index is 0.0995. The molecule has 21 heavy (non-hydrogen) atoms. The Bertz CT molecular complexity index is 356. The molecule has 3 amide bonds. The maximum Gasteiger partial charge on any atom is 0.315 e. The Labute approximate surface area is 126 Å². The first-order valence-corrected chi connectivity index (χ1v) is 8.23. The summed E-state index contributed by atoms with van der Waals surface area (Å²) < 4.78 is 0. The molecule has 1 saturated carbocycles. The van der Waals surface area contributed by atoms with Crippen molar-refractivity contribution in [1.82, 2.24) is 15.5 Å². The summed E-state index contributed by atoms with van der Waals surface area (Å²) in [6.45, 7) is 1.99. The van der Waals surface area contributed by atoms with Crippen LogP contribution in [-0.4, -0.2) is 48.6 Å². The van der Waals surface area contributed by atoms with E-state index < -0.39 is 0 Å². The lowest BCUT2D eigenvalue weighted by Gasteiger charge is -2.22. The van der Waals surface area contributed by atoms with Crippen molar-refractivity contribution in [2.45, 2.75) is 63.5 Å². The lowest BCUT2D eigenvalue weighted by molar-refractivity contribution is -0.130. The van der Waals surface area contributed by atoms with Crippen LogP contribution in [0.4, 0.5) is 4.79 Å². The molecule has 1 atom stereocenters. The van der Waals surface area contributed by atoms with E-state index >= 15 is 0 Å². The van der Waals surface area contributed by atoms with Gasteiger partial charge in [-0.05, 0) is 25.7 Å². The molecular formula is C15H28N4O2. The monoisotopic (exact) mass is 296 g/mol. The third-order valence-corrected chi connectivity index (χ3v) is 4.37. The molecule has 0 aromatic heterocycles. The third kappa shape index (κ3) is 5.53. The summed E-state index contributed by atoms with van der Waals surface area (Å²) in [7, 11) is 0. The molecule has 2 aliphatic rings. The first kappa shape index (κ1) is 16.1. The van der Waals surface area contributed by atoms with Crippen LogP contribution in [0.1, 0.15) is 51.4 Å². The number of urea groups is 1. The molecule has 0 aromatic carbocycles. The zero-order valence-electron chi connectivity index (χ0n) is 12.8. The molecule has 1 aliphatic heterocycles. The maximum absolute atomic E-state index is 11.9. The Balaban J connectivity index is 1.52. The molecule has 2 rings (SSSR count). The van der Waals surface area contributed by atoms with Crippen LogP contribution < -0.4 is 16.4 Å². The summed E-state index contributed by atoms with van der Waals surface area (Å²) in [5.74, 6) is 0.150. The van der Waals surface area contributed by atoms with E-state index in [1.165, 1.54) is 19.3 Å². The smallest absolute Gasteiger partial charge is 0.315 e. The highest BCUT2D eigenvalue weighted by Crippen LogP contribution is 2.17. The van der Waals surface area contributed by atoms with Crippen molar-refractivity contribution in [3.05, 3.63) is 0 Å². The fourth-order valence-corrected chi connectivity index (χ4v) is 3.10. The Kier molecular flexibility index (Phi) is 6.29. The summed E-state index contributed by atoms with van der Waals surface area (Å²) in [4.78, 5) is 25.4. The van der Waals surface area contributed by atoms with Gasteiger partial charge in [-0.2, -0.15) is 0 Å². The van der Waals surface area contributed by atoms with Gasteiger partial charge in [0.2, 0.25) is 5.91 Å². The molecule has 1 heterocycles. The zero-order valence-corrected chi connectivity index (χ0v) is 12.8. The van der Waals surface area contributed by atoms with Crippen LogP contribution in [0.25, 0.3) is 0 Å². The second kappa shape index (κ2) is 8.22. The molecule has 1 saturated heterocycles. The van der Waals surface area contributed by atoms with Gasteiger partial charge in [-0.3, -0.25) is 4.79 Å². The van der Waals surface area contributed by atoms with E-state index in [2.05, 4.69) is 10.6 Å². The SMILES string of the molecule is N[C@@H]1CCN(C(=O)CCCNC(=O)NC2CCCCC2)C1. The summed E-state index contributed by atoms with van der Waals surface area (Å²) in [5.41, 5.74) is 5.79. The molecule has 120 valence electrons. The van der Waals surface area contributed by atoms with Gasteiger partial charge in [0.25, 0.3) is 0 Å². The number of rotatable bonds is 5. The minimum Gasteiger partial charge on any atom is -0.341 e. The average molecular weight is 296 g/mol. The summed E-state index contributed by atoms with van der Waals surface area (Å²) in [5, 5.41) is 5.85. The van der Waals surface area contributed by atoms with E-state index in [4.69, 9.17) is 5.73 Å². The van der Waals surface area contributed by atoms with Gasteiger partial charge in [0.15, 0.2) is 0 Å². The van der Waals surface area contributed by atoms with Crippen molar-refractivity contribution in [2.24, 2.45) is 5.73 Å². The summed E-state index contributed by atoms with van der Waals surface area (Å²) in [6, 6.07) is 0.359. The molecule has 2 fully saturated rings. The fraction of sp³-hybridized carbons (Fsp3) is 0.867. The molecule has 4 N–H and O–H groups in total. The Morgan fingerprint density at radius 1 is 1.14 bits per heavy atom. The number of hydrogen-bond acceptors (Lipinski definition) is 3. The molecule has 0 spiro atoms. The number of nitrogens with zero attached hydrogens (tertiary/aromatic N) is 1. The van der Waals surface area contributed by atoms with Crippen molar-refractivity contribution in [2.75, 3.05) is 19.6 Å². The Morgan fingerprint density at radius 2 is 1.90 bits per heavy atom. The van der Waals surface area contributed by atoms with E-state index in [0.29, 0.717) is 32.0 Å². The summed E-state index contributed by atoms with van der Waals surface area (Å²) in [6.07, 6.45) is 7.92. The number of nitrogens with two attached hydrogens (primary N) is 1. The number of amides is 3. The Morgan fingerprint density at radius 3 is 2.57 bits per heavy atom. The van der Waals surface area contributed by atoms with Gasteiger partial charge in [0.05, 0.1) is 0 Å². The van der Waals surface area contributed by atoms with Crippen molar-refractivity contribution in [3.8, 4) is 0 Å². The zero-order chi connectivity index (χ0) is 15.1. The fourth-order valence-electron chi connectivity index (χ4n) is 3.10. The van der Waals surface area contributed by atoms with Gasteiger partial charge >= 0.3 is 6.03 Å². The van der Waals surface area contributed by atoms with Crippen molar-refractivity contribution in [3.63, 3.8) is 0 Å². The van der Waals surface area contributed by atoms with Gasteiger partial charge in [-0.15, -0.1) is 0 Å². The highest BCUT2D eigenvalue weighted by molar-refractivity contribution is 5.77. The third-order valence-electron chi connectivity index (χ3n) is 4.37. The molecule has 0 aromatic rings. The average Bonchev–Trinajstić information content (AvgIpc) is 2.91. The second-order valence-electron chi connectivity index (χ2n) is 6.23. The van der Waals surface area contributed by atoms with Crippen LogP contribution >= 0.6 is 0 Å². The predicted octanol–water partition coefficient (Wildman–Crippen LogP) is 0.958. The van der Waals surface area contributed by atoms with E-state index in [0.717, 1.165) is 25.8 Å². The first-order chi connectivity index (χ1) is 10.1. The van der Waals surface area contributed by atoms with Crippen LogP contribution in [0.5, 0.6) is 0 Å². The molecule has 6 heteroatoms. The topological polar surface area (TPSA) is 87.5 Å². The molecular weight excluding hydrogens is 268 g/mol. The molecule has 0 bridgehead atoms. The van der Waals surface area contributed by atoms with E-state index in [1.54, 1.807) is 0 Å². The van der Waals surface area contributed by atoms with Gasteiger partial charge in [0, 0.05) is 38.1 Å². The number of nitrogens with one attached hydrogen (secondary N) is 2. The molecule has 6 nitrogen and oxygen atoms in total. The van der Waals surface area contributed by atoms with Gasteiger partial charge < -0.3 is 21.3 Å². The summed E-state index contributed by atoms with van der Waals surface area (Å²) >= 11 is 0. The van der Waals surface area contributed by atoms with Gasteiger partial charge in [-0.25, -0.2) is 4.79 Å². The molecule has 0 radical (unpaired) electrons. The van der Waals surface area contributed by atoms with E-state index in [-0.39, 0.29) is 18.0 Å². The maximum atomic E-state index is 11.9. The normalized spacial score (nSPS) is 23.1. The van der Waals surface area contributed by atoms with E-state index in [1.807, 2.05) is 4.90 Å². The van der Waals surface area contributed by atoms with Crippen LogP contribution in [0.3, 0.4) is 0 Å². The van der Waals surface area contributed by atoms with Crippen LogP contribution in [0.15, 0.2) is 0 Å². The first-order valence-electron chi connectivity index (χ1n) is 8.23. The van der Waals surface area contributed by atoms with Crippen LogP contribution in [0, 0.1) is 0 Å².